The summed E-state index contributed by atoms with van der Waals surface area (Å²) < 4.78 is 37.3. The predicted molar refractivity (Wildman–Crippen MR) is 117 cm³/mol. The summed E-state index contributed by atoms with van der Waals surface area (Å²) in [5.74, 6) is 0.639. The van der Waals surface area contributed by atoms with Crippen molar-refractivity contribution in [2.45, 2.75) is 38.8 Å². The van der Waals surface area contributed by atoms with Crippen molar-refractivity contribution in [3.63, 3.8) is 0 Å². The van der Waals surface area contributed by atoms with Crippen molar-refractivity contribution in [2.75, 3.05) is 23.8 Å². The molecule has 0 aromatic heterocycles. The van der Waals surface area contributed by atoms with Gasteiger partial charge in [-0.05, 0) is 44.9 Å². The molecule has 1 atom stereocenters. The van der Waals surface area contributed by atoms with E-state index < -0.39 is 21.6 Å². The molecule has 2 aromatic rings. The quantitative estimate of drug-likeness (QED) is 0.727. The second-order valence-electron chi connectivity index (χ2n) is 8.10. The Hall–Kier alpha value is -2.74. The fourth-order valence-electron chi connectivity index (χ4n) is 3.57. The SMILES string of the molecule is C[C@@H](C(=O)NC(C)(C)Cc1ccccc1)N(c1ccc2c(c1)OCCO2)S(C)(=O)=O. The molecule has 1 aliphatic heterocycles. The number of hydrogen-bond donors (Lipinski definition) is 1. The molecule has 2 aromatic carbocycles. The number of sulfonamides is 1. The first-order valence-corrected chi connectivity index (χ1v) is 11.7. The van der Waals surface area contributed by atoms with Crippen molar-refractivity contribution in [3.8, 4) is 11.5 Å². The van der Waals surface area contributed by atoms with Crippen molar-refractivity contribution in [1.29, 1.82) is 0 Å². The Morgan fingerprint density at radius 3 is 2.37 bits per heavy atom. The van der Waals surface area contributed by atoms with Gasteiger partial charge in [0.05, 0.1) is 11.9 Å². The maximum atomic E-state index is 13.0. The van der Waals surface area contributed by atoms with E-state index in [2.05, 4.69) is 5.32 Å². The Morgan fingerprint density at radius 1 is 1.10 bits per heavy atom. The lowest BCUT2D eigenvalue weighted by molar-refractivity contribution is -0.123. The highest BCUT2D eigenvalue weighted by atomic mass is 32.2. The van der Waals surface area contributed by atoms with Gasteiger partial charge in [-0.15, -0.1) is 0 Å². The second kappa shape index (κ2) is 8.55. The fourth-order valence-corrected chi connectivity index (χ4v) is 4.73. The average molecular weight is 433 g/mol. The molecule has 0 spiro atoms. The zero-order valence-corrected chi connectivity index (χ0v) is 18.5. The van der Waals surface area contributed by atoms with Gasteiger partial charge in [0.15, 0.2) is 11.5 Å². The molecule has 0 aliphatic carbocycles. The molecule has 1 N–H and O–H groups in total. The van der Waals surface area contributed by atoms with Crippen LogP contribution in [0.15, 0.2) is 48.5 Å². The third kappa shape index (κ3) is 5.24. The Bertz CT molecular complexity index is 1010. The normalized spacial score (nSPS) is 14.7. The summed E-state index contributed by atoms with van der Waals surface area (Å²) in [6.45, 7) is 6.24. The molecular weight excluding hydrogens is 404 g/mol. The van der Waals surface area contributed by atoms with E-state index >= 15 is 0 Å². The summed E-state index contributed by atoms with van der Waals surface area (Å²) in [7, 11) is -3.73. The summed E-state index contributed by atoms with van der Waals surface area (Å²) in [6.07, 6.45) is 1.71. The van der Waals surface area contributed by atoms with E-state index in [1.807, 2.05) is 44.2 Å². The lowest BCUT2D eigenvalue weighted by atomic mass is 9.94. The first-order chi connectivity index (χ1) is 14.1. The lowest BCUT2D eigenvalue weighted by Gasteiger charge is -2.33. The number of anilines is 1. The maximum Gasteiger partial charge on any atom is 0.244 e. The van der Waals surface area contributed by atoms with Crippen LogP contribution >= 0.6 is 0 Å². The molecule has 1 amide bonds. The van der Waals surface area contributed by atoms with Crippen LogP contribution in [0.1, 0.15) is 26.3 Å². The lowest BCUT2D eigenvalue weighted by Crippen LogP contribution is -2.54. The minimum atomic E-state index is -3.73. The molecule has 0 unspecified atom stereocenters. The van der Waals surface area contributed by atoms with Crippen LogP contribution in [-0.2, 0) is 21.2 Å². The highest BCUT2D eigenvalue weighted by molar-refractivity contribution is 7.92. The summed E-state index contributed by atoms with van der Waals surface area (Å²) in [5, 5.41) is 2.99. The van der Waals surface area contributed by atoms with Crippen LogP contribution in [0.5, 0.6) is 11.5 Å². The molecule has 30 heavy (non-hydrogen) atoms. The Balaban J connectivity index is 1.81. The van der Waals surface area contributed by atoms with Crippen LogP contribution in [0.2, 0.25) is 0 Å². The molecule has 162 valence electrons. The van der Waals surface area contributed by atoms with Gasteiger partial charge in [-0.3, -0.25) is 9.10 Å². The molecule has 1 heterocycles. The Morgan fingerprint density at radius 2 is 1.73 bits per heavy atom. The number of hydrogen-bond acceptors (Lipinski definition) is 5. The van der Waals surface area contributed by atoms with Gasteiger partial charge in [0.2, 0.25) is 15.9 Å². The Kier molecular flexibility index (Phi) is 6.26. The van der Waals surface area contributed by atoms with Gasteiger partial charge < -0.3 is 14.8 Å². The molecule has 0 saturated carbocycles. The van der Waals surface area contributed by atoms with Gasteiger partial charge in [-0.2, -0.15) is 0 Å². The minimum Gasteiger partial charge on any atom is -0.486 e. The predicted octanol–water partition coefficient (Wildman–Crippen LogP) is 2.75. The first-order valence-electron chi connectivity index (χ1n) is 9.82. The van der Waals surface area contributed by atoms with E-state index in [4.69, 9.17) is 9.47 Å². The fraction of sp³-hybridized carbons (Fsp3) is 0.409. The van der Waals surface area contributed by atoms with Crippen LogP contribution in [0.3, 0.4) is 0 Å². The third-order valence-electron chi connectivity index (χ3n) is 4.82. The molecule has 8 heteroatoms. The smallest absolute Gasteiger partial charge is 0.244 e. The van der Waals surface area contributed by atoms with Gasteiger partial charge in [0.1, 0.15) is 19.3 Å². The van der Waals surface area contributed by atoms with Gasteiger partial charge in [0, 0.05) is 11.6 Å². The molecule has 1 aliphatic rings. The van der Waals surface area contributed by atoms with Crippen LogP contribution in [0.4, 0.5) is 5.69 Å². The second-order valence-corrected chi connectivity index (χ2v) is 9.96. The van der Waals surface area contributed by atoms with E-state index in [9.17, 15) is 13.2 Å². The van der Waals surface area contributed by atoms with Crippen LogP contribution < -0.4 is 19.1 Å². The first kappa shape index (κ1) is 22.0. The number of rotatable bonds is 7. The molecule has 0 bridgehead atoms. The highest BCUT2D eigenvalue weighted by Gasteiger charge is 2.33. The van der Waals surface area contributed by atoms with Gasteiger partial charge in [0.25, 0.3) is 0 Å². The topological polar surface area (TPSA) is 84.9 Å². The summed E-state index contributed by atoms with van der Waals surface area (Å²) >= 11 is 0. The van der Waals surface area contributed by atoms with E-state index in [0.29, 0.717) is 36.8 Å². The maximum absolute atomic E-state index is 13.0. The number of amides is 1. The highest BCUT2D eigenvalue weighted by Crippen LogP contribution is 2.35. The van der Waals surface area contributed by atoms with E-state index in [1.54, 1.807) is 25.1 Å². The minimum absolute atomic E-state index is 0.352. The zero-order valence-electron chi connectivity index (χ0n) is 17.7. The van der Waals surface area contributed by atoms with Gasteiger partial charge in [-0.1, -0.05) is 30.3 Å². The molecule has 0 fully saturated rings. The van der Waals surface area contributed by atoms with E-state index in [0.717, 1.165) is 16.1 Å². The van der Waals surface area contributed by atoms with Crippen LogP contribution in [0.25, 0.3) is 0 Å². The molecule has 3 rings (SSSR count). The standard InChI is InChI=1S/C22H28N2O5S/c1-16(21(25)23-22(2,3)15-17-8-6-5-7-9-17)24(30(4,26)27)18-10-11-19-20(14-18)29-13-12-28-19/h5-11,14,16H,12-13,15H2,1-4H3,(H,23,25)/t16-/m0/s1. The summed E-state index contributed by atoms with van der Waals surface area (Å²) in [4.78, 5) is 13.0. The van der Waals surface area contributed by atoms with Gasteiger partial charge >= 0.3 is 0 Å². The number of nitrogens with zero attached hydrogens (tertiary/aromatic N) is 1. The molecule has 0 radical (unpaired) electrons. The number of ether oxygens (including phenoxy) is 2. The van der Waals surface area contributed by atoms with Crippen LogP contribution in [-0.4, -0.2) is 45.4 Å². The molecule has 0 saturated heterocycles. The number of fused-ring (bicyclic) bond motifs is 1. The summed E-state index contributed by atoms with van der Waals surface area (Å²) in [5.41, 5.74) is 0.885. The molecular formula is C22H28N2O5S. The number of carbonyl (C=O) groups is 1. The number of benzene rings is 2. The van der Waals surface area contributed by atoms with Crippen molar-refractivity contribution in [3.05, 3.63) is 54.1 Å². The van der Waals surface area contributed by atoms with E-state index in [-0.39, 0.29) is 5.91 Å². The largest absolute Gasteiger partial charge is 0.486 e. The van der Waals surface area contributed by atoms with Crippen molar-refractivity contribution >= 4 is 21.6 Å². The van der Waals surface area contributed by atoms with E-state index in [1.165, 1.54) is 0 Å². The average Bonchev–Trinajstić information content (AvgIpc) is 2.67. The number of carbonyl (C=O) groups excluding carboxylic acids is 1. The van der Waals surface area contributed by atoms with Crippen molar-refractivity contribution in [1.82, 2.24) is 5.32 Å². The van der Waals surface area contributed by atoms with Crippen LogP contribution in [0, 0.1) is 0 Å². The van der Waals surface area contributed by atoms with Crippen molar-refractivity contribution < 1.29 is 22.7 Å². The number of nitrogens with one attached hydrogen (secondary N) is 1. The monoisotopic (exact) mass is 432 g/mol. The van der Waals surface area contributed by atoms with Gasteiger partial charge in [-0.25, -0.2) is 8.42 Å². The zero-order chi connectivity index (χ0) is 21.9. The Labute approximate surface area is 178 Å². The summed E-state index contributed by atoms with van der Waals surface area (Å²) in [6, 6.07) is 13.7. The third-order valence-corrected chi connectivity index (χ3v) is 6.06. The molecule has 7 nitrogen and oxygen atoms in total. The van der Waals surface area contributed by atoms with Crippen molar-refractivity contribution in [2.24, 2.45) is 0 Å².